The van der Waals surface area contributed by atoms with Crippen molar-refractivity contribution in [2.45, 2.75) is 83.3 Å². The van der Waals surface area contributed by atoms with Gasteiger partial charge < -0.3 is 19.6 Å². The van der Waals surface area contributed by atoms with E-state index in [0.29, 0.717) is 60.3 Å². The number of anilines is 3. The number of ether oxygens (including phenoxy) is 1. The molecule has 3 N–H and O–H groups in total. The van der Waals surface area contributed by atoms with Crippen molar-refractivity contribution in [3.8, 4) is 16.9 Å². The number of thiazole rings is 1. The lowest BCUT2D eigenvalue weighted by Crippen LogP contribution is -2.47. The van der Waals surface area contributed by atoms with Gasteiger partial charge in [-0.15, -0.1) is 0 Å². The zero-order valence-corrected chi connectivity index (χ0v) is 42.7. The number of para-hydroxylation sites is 2. The number of carbonyl (C=O) groups excluding carboxylic acids is 3. The number of rotatable bonds is 13. The molecule has 2 aliphatic carbocycles. The van der Waals surface area contributed by atoms with Gasteiger partial charge in [0, 0.05) is 75.8 Å². The van der Waals surface area contributed by atoms with E-state index >= 15 is 0 Å². The Labute approximate surface area is 433 Å². The average Bonchev–Trinajstić information content (AvgIpc) is 3.84. The van der Waals surface area contributed by atoms with E-state index in [4.69, 9.17) is 14.8 Å². The molecular formula is C58H61N9O6S. The Morgan fingerprint density at radius 2 is 1.64 bits per heavy atom. The molecular weight excluding hydrogens is 951 g/mol. The first-order valence-electron chi connectivity index (χ1n) is 26.3. The summed E-state index contributed by atoms with van der Waals surface area (Å²) in [5.74, 6) is 1.39. The maximum Gasteiger partial charge on any atom is 0.355 e. The van der Waals surface area contributed by atoms with Crippen LogP contribution in [0, 0.1) is 24.7 Å². The normalized spacial score (nSPS) is 22.2. The summed E-state index contributed by atoms with van der Waals surface area (Å²) in [5, 5.41) is 22.4. The lowest BCUT2D eigenvalue weighted by Gasteiger charge is -2.36. The smallest absolute Gasteiger partial charge is 0.355 e. The second kappa shape index (κ2) is 19.9. The monoisotopic (exact) mass is 1010 g/mol. The summed E-state index contributed by atoms with van der Waals surface area (Å²) in [6.45, 7) is 8.14. The van der Waals surface area contributed by atoms with E-state index in [9.17, 15) is 24.3 Å². The molecule has 4 aromatic carbocycles. The van der Waals surface area contributed by atoms with Crippen LogP contribution in [0.3, 0.4) is 0 Å². The van der Waals surface area contributed by atoms with Crippen LogP contribution in [0.2, 0.25) is 0 Å². The van der Waals surface area contributed by atoms with E-state index in [0.717, 1.165) is 131 Å². The van der Waals surface area contributed by atoms with Crippen molar-refractivity contribution < 1.29 is 29.0 Å². The van der Waals surface area contributed by atoms with Crippen LogP contribution in [0.4, 0.5) is 16.6 Å². The number of amides is 3. The maximum atomic E-state index is 13.7. The van der Waals surface area contributed by atoms with Crippen LogP contribution < -0.4 is 25.2 Å². The number of carbonyl (C=O) groups is 4. The molecule has 2 saturated carbocycles. The summed E-state index contributed by atoms with van der Waals surface area (Å²) in [6.07, 6.45) is 8.55. The molecule has 4 fully saturated rings. The third-order valence-corrected chi connectivity index (χ3v) is 17.4. The first-order valence-corrected chi connectivity index (χ1v) is 27.1. The number of aromatic nitrogens is 4. The van der Waals surface area contributed by atoms with Gasteiger partial charge in [-0.05, 0) is 141 Å². The number of carboxylic acids is 1. The van der Waals surface area contributed by atoms with Crippen LogP contribution in [0.5, 0.6) is 5.75 Å². The summed E-state index contributed by atoms with van der Waals surface area (Å²) in [7, 11) is 1.95. The molecule has 5 aliphatic rings. The van der Waals surface area contributed by atoms with E-state index < -0.39 is 11.9 Å². The molecule has 0 radical (unpaired) electrons. The second-order valence-electron chi connectivity index (χ2n) is 21.1. The van der Waals surface area contributed by atoms with Crippen molar-refractivity contribution in [1.29, 1.82) is 0 Å². The number of nitrogens with one attached hydrogen (secondary N) is 2. The summed E-state index contributed by atoms with van der Waals surface area (Å²) in [4.78, 5) is 67.7. The van der Waals surface area contributed by atoms with Crippen molar-refractivity contribution >= 4 is 72.8 Å². The Morgan fingerprint density at radius 3 is 2.45 bits per heavy atom. The number of benzene rings is 4. The number of piperidine rings is 1. The lowest BCUT2D eigenvalue weighted by atomic mass is 9.83. The van der Waals surface area contributed by atoms with Crippen molar-refractivity contribution in [2.24, 2.45) is 24.8 Å². The van der Waals surface area contributed by atoms with Crippen molar-refractivity contribution in [2.75, 3.05) is 54.4 Å². The van der Waals surface area contributed by atoms with E-state index in [-0.39, 0.29) is 29.5 Å². The number of carboxylic acid groups (broad SMARTS) is 1. The molecule has 0 spiro atoms. The molecule has 0 bridgehead atoms. The van der Waals surface area contributed by atoms with Gasteiger partial charge in [0.2, 0.25) is 11.8 Å². The largest absolute Gasteiger partial charge is 0.490 e. The van der Waals surface area contributed by atoms with Gasteiger partial charge in [0.05, 0.1) is 39.1 Å². The first-order chi connectivity index (χ1) is 36.0. The zero-order valence-electron chi connectivity index (χ0n) is 41.9. The Morgan fingerprint density at radius 1 is 0.824 bits per heavy atom. The Bertz CT molecular complexity index is 3300. The summed E-state index contributed by atoms with van der Waals surface area (Å²) >= 11 is 1.44. The molecule has 6 heterocycles. The number of imide groups is 1. The average molecular weight is 1010 g/mol. The fourth-order valence-electron chi connectivity index (χ4n) is 12.3. The SMILES string of the molecule is Cc1c(OC2CCC(C[C@H]3C[C@H]3CN3CCN(c4cccc5c(C6CCC(=O)NC6=O)nn(C)c45)CC3)CC2)cccc1-c1ccc(N2CCc3cccc(C(=O)Nc4nc5ccccc5s4)c3C2)nc1C(=O)O. The Balaban J connectivity index is 0.630. The lowest BCUT2D eigenvalue weighted by molar-refractivity contribution is -0.134. The van der Waals surface area contributed by atoms with E-state index in [2.05, 4.69) is 54.6 Å². The molecule has 1 unspecified atom stereocenters. The van der Waals surface area contributed by atoms with Crippen LogP contribution in [0.15, 0.2) is 91.0 Å². The second-order valence-corrected chi connectivity index (χ2v) is 22.1. The summed E-state index contributed by atoms with van der Waals surface area (Å²) in [5.41, 5.74) is 8.58. The van der Waals surface area contributed by atoms with Crippen LogP contribution in [-0.2, 0) is 29.6 Å². The summed E-state index contributed by atoms with van der Waals surface area (Å²) < 4.78 is 9.64. The number of pyridine rings is 1. The predicted molar refractivity (Wildman–Crippen MR) is 287 cm³/mol. The zero-order chi connectivity index (χ0) is 50.6. The molecule has 3 amide bonds. The van der Waals surface area contributed by atoms with Crippen molar-refractivity contribution in [3.63, 3.8) is 0 Å². The highest BCUT2D eigenvalue weighted by Gasteiger charge is 2.41. The quantitative estimate of drug-likeness (QED) is 0.0936. The number of hydrogen-bond donors (Lipinski definition) is 3. The number of aryl methyl sites for hydroxylation is 1. The molecule has 380 valence electrons. The molecule has 16 heteroatoms. The van der Waals surface area contributed by atoms with Crippen molar-refractivity contribution in [3.05, 3.63) is 125 Å². The van der Waals surface area contributed by atoms with Gasteiger partial charge in [-0.1, -0.05) is 59.9 Å². The fraction of sp³-hybridized carbons (Fsp3) is 0.397. The minimum absolute atomic E-state index is 0.0151. The highest BCUT2D eigenvalue weighted by molar-refractivity contribution is 7.22. The molecule has 15 nitrogen and oxygen atoms in total. The standard InChI is InChI=1S/C58H61N9O6S/c1-34-40(41-20-22-50(60-53(41)57(71)72)67-25-24-36-8-5-10-42(45(36)33-67)55(69)62-58-59-46-12-3-4-15-49(46)74-58)9-7-14-48(34)73-39-18-16-35(17-19-39)30-37-31-38(37)32-65-26-28-66(29-27-65)47-13-6-11-43-52(63-64(2)54(43)47)44-21-23-51(68)61-56(44)70/h3-15,20,22,35,37-39,44H,16-19,21,23-33H2,1-2H3,(H,71,72)(H,59,62,69)(H,61,68,70)/t35?,37-,38-,39?,44?/m0/s1. The minimum atomic E-state index is -1.10. The first kappa shape index (κ1) is 47.8. The van der Waals surface area contributed by atoms with Crippen LogP contribution in [0.25, 0.3) is 32.2 Å². The van der Waals surface area contributed by atoms with Gasteiger partial charge in [-0.3, -0.25) is 34.6 Å². The van der Waals surface area contributed by atoms with Gasteiger partial charge in [-0.25, -0.2) is 14.8 Å². The van der Waals surface area contributed by atoms with E-state index in [1.807, 2.05) is 85.4 Å². The topological polar surface area (TPSA) is 175 Å². The van der Waals surface area contributed by atoms with Gasteiger partial charge >= 0.3 is 5.97 Å². The minimum Gasteiger partial charge on any atom is -0.490 e. The van der Waals surface area contributed by atoms with Gasteiger partial charge in [0.25, 0.3) is 5.91 Å². The highest BCUT2D eigenvalue weighted by atomic mass is 32.1. The predicted octanol–water partition coefficient (Wildman–Crippen LogP) is 9.37. The number of nitrogens with zero attached hydrogens (tertiary/aromatic N) is 7. The molecule has 7 aromatic rings. The number of aromatic carboxylic acids is 1. The van der Waals surface area contributed by atoms with Crippen molar-refractivity contribution in [1.82, 2.24) is 30.0 Å². The van der Waals surface area contributed by atoms with Gasteiger partial charge in [-0.2, -0.15) is 5.10 Å². The Kier molecular flexibility index (Phi) is 12.9. The number of hydrogen-bond acceptors (Lipinski definition) is 12. The molecule has 3 aromatic heterocycles. The van der Waals surface area contributed by atoms with E-state index in [1.54, 1.807) is 0 Å². The fourth-order valence-corrected chi connectivity index (χ4v) is 13.2. The van der Waals surface area contributed by atoms with Gasteiger partial charge in [0.1, 0.15) is 11.6 Å². The molecule has 2 saturated heterocycles. The van der Waals surface area contributed by atoms with Crippen LogP contribution in [-0.4, -0.2) is 98.8 Å². The van der Waals surface area contributed by atoms with Crippen LogP contribution in [0.1, 0.15) is 101 Å². The molecule has 3 aliphatic heterocycles. The molecule has 74 heavy (non-hydrogen) atoms. The van der Waals surface area contributed by atoms with E-state index in [1.165, 1.54) is 24.2 Å². The van der Waals surface area contributed by atoms with Crippen LogP contribution >= 0.6 is 11.3 Å². The molecule has 12 rings (SSSR count). The third-order valence-electron chi connectivity index (χ3n) is 16.5. The highest BCUT2D eigenvalue weighted by Crippen LogP contribution is 2.47. The number of piperazine rings is 1. The Hall–Kier alpha value is -7.17. The summed E-state index contributed by atoms with van der Waals surface area (Å²) in [6, 6.07) is 29.5. The maximum absolute atomic E-state index is 13.7. The van der Waals surface area contributed by atoms with Gasteiger partial charge in [0.15, 0.2) is 10.8 Å². The molecule has 3 atom stereocenters. The number of fused-ring (bicyclic) bond motifs is 3. The third kappa shape index (κ3) is 9.49.